The maximum absolute atomic E-state index is 13.0. The molecule has 0 bridgehead atoms. The van der Waals surface area contributed by atoms with Crippen molar-refractivity contribution in [3.05, 3.63) is 59.9 Å². The Morgan fingerprint density at radius 2 is 1.76 bits per heavy atom. The van der Waals surface area contributed by atoms with Crippen LogP contribution in [0.25, 0.3) is 0 Å². The predicted octanol–water partition coefficient (Wildman–Crippen LogP) is 3.20. The minimum absolute atomic E-state index is 0.269. The second-order valence-electron chi connectivity index (χ2n) is 3.58. The van der Waals surface area contributed by atoms with E-state index < -0.39 is 0 Å². The van der Waals surface area contributed by atoms with Gasteiger partial charge in [-0.2, -0.15) is 0 Å². The van der Waals surface area contributed by atoms with Gasteiger partial charge in [0.05, 0.1) is 0 Å². The van der Waals surface area contributed by atoms with Gasteiger partial charge < -0.3 is 11.1 Å². The van der Waals surface area contributed by atoms with E-state index in [-0.39, 0.29) is 5.82 Å². The molecule has 4 heteroatoms. The first kappa shape index (κ1) is 11.5. The van der Waals surface area contributed by atoms with Crippen LogP contribution >= 0.6 is 12.2 Å². The first-order valence-electron chi connectivity index (χ1n) is 5.07. The van der Waals surface area contributed by atoms with E-state index in [2.05, 4.69) is 5.32 Å². The molecule has 0 aliphatic rings. The van der Waals surface area contributed by atoms with Crippen LogP contribution in [0.5, 0.6) is 0 Å². The minimum atomic E-state index is -0.269. The first-order valence-corrected chi connectivity index (χ1v) is 5.48. The zero-order valence-corrected chi connectivity index (χ0v) is 9.80. The lowest BCUT2D eigenvalue weighted by atomic mass is 10.2. The van der Waals surface area contributed by atoms with Gasteiger partial charge in [-0.1, -0.05) is 18.3 Å². The summed E-state index contributed by atoms with van der Waals surface area (Å²) in [6.07, 6.45) is 0. The Morgan fingerprint density at radius 3 is 2.35 bits per heavy atom. The van der Waals surface area contributed by atoms with E-state index in [1.54, 1.807) is 12.1 Å². The van der Waals surface area contributed by atoms with Crippen molar-refractivity contribution in [2.75, 3.05) is 5.32 Å². The Bertz CT molecular complexity index is 537. The van der Waals surface area contributed by atoms with Crippen LogP contribution in [-0.2, 0) is 0 Å². The van der Waals surface area contributed by atoms with Crippen molar-refractivity contribution in [3.8, 4) is 0 Å². The SMILES string of the molecule is NC(=S)c1ccc(Nc2cccc(F)c2)cc1. The van der Waals surface area contributed by atoms with Gasteiger partial charge in [-0.05, 0) is 42.5 Å². The second kappa shape index (κ2) is 4.93. The highest BCUT2D eigenvalue weighted by Gasteiger charge is 1.98. The molecule has 0 saturated heterocycles. The van der Waals surface area contributed by atoms with Crippen LogP contribution in [0.1, 0.15) is 5.56 Å². The summed E-state index contributed by atoms with van der Waals surface area (Å²) >= 11 is 4.86. The number of halogens is 1. The Kier molecular flexibility index (Phi) is 3.35. The highest BCUT2D eigenvalue weighted by molar-refractivity contribution is 7.80. The number of thiocarbonyl (C=S) groups is 1. The Balaban J connectivity index is 2.16. The summed E-state index contributed by atoms with van der Waals surface area (Å²) in [6, 6.07) is 13.6. The van der Waals surface area contributed by atoms with Crippen molar-refractivity contribution in [1.29, 1.82) is 0 Å². The van der Waals surface area contributed by atoms with E-state index in [0.29, 0.717) is 10.7 Å². The van der Waals surface area contributed by atoms with Gasteiger partial charge in [-0.25, -0.2) is 4.39 Å². The van der Waals surface area contributed by atoms with E-state index >= 15 is 0 Å². The fourth-order valence-electron chi connectivity index (χ4n) is 1.45. The number of nitrogens with one attached hydrogen (secondary N) is 1. The minimum Gasteiger partial charge on any atom is -0.389 e. The zero-order valence-electron chi connectivity index (χ0n) is 8.98. The fraction of sp³-hybridized carbons (Fsp3) is 0. The van der Waals surface area contributed by atoms with Crippen LogP contribution in [-0.4, -0.2) is 4.99 Å². The number of anilines is 2. The summed E-state index contributed by atoms with van der Waals surface area (Å²) in [5, 5.41) is 3.09. The lowest BCUT2D eigenvalue weighted by Gasteiger charge is -2.07. The molecular formula is C13H11FN2S. The molecule has 0 heterocycles. The summed E-state index contributed by atoms with van der Waals surface area (Å²) in [5.41, 5.74) is 7.87. The van der Waals surface area contributed by atoms with Crippen molar-refractivity contribution in [3.63, 3.8) is 0 Å². The maximum atomic E-state index is 13.0. The van der Waals surface area contributed by atoms with Gasteiger partial charge in [-0.3, -0.25) is 0 Å². The topological polar surface area (TPSA) is 38.0 Å². The first-order chi connectivity index (χ1) is 8.15. The van der Waals surface area contributed by atoms with E-state index in [9.17, 15) is 4.39 Å². The molecule has 86 valence electrons. The smallest absolute Gasteiger partial charge is 0.125 e. The van der Waals surface area contributed by atoms with Crippen molar-refractivity contribution in [1.82, 2.24) is 0 Å². The van der Waals surface area contributed by atoms with Crippen LogP contribution in [0.2, 0.25) is 0 Å². The third-order valence-corrected chi connectivity index (χ3v) is 2.52. The van der Waals surface area contributed by atoms with Gasteiger partial charge in [0.2, 0.25) is 0 Å². The van der Waals surface area contributed by atoms with Crippen molar-refractivity contribution >= 4 is 28.6 Å². The van der Waals surface area contributed by atoms with Gasteiger partial charge >= 0.3 is 0 Å². The largest absolute Gasteiger partial charge is 0.389 e. The normalized spacial score (nSPS) is 9.94. The second-order valence-corrected chi connectivity index (χ2v) is 4.02. The summed E-state index contributed by atoms with van der Waals surface area (Å²) in [6.45, 7) is 0. The van der Waals surface area contributed by atoms with Crippen molar-refractivity contribution in [2.45, 2.75) is 0 Å². The third-order valence-electron chi connectivity index (χ3n) is 2.28. The van der Waals surface area contributed by atoms with E-state index in [1.165, 1.54) is 12.1 Å². The predicted molar refractivity (Wildman–Crippen MR) is 72.0 cm³/mol. The van der Waals surface area contributed by atoms with Crippen LogP contribution in [0.3, 0.4) is 0 Å². The molecule has 0 aliphatic heterocycles. The molecule has 0 spiro atoms. The van der Waals surface area contributed by atoms with Gasteiger partial charge in [0.25, 0.3) is 0 Å². The molecule has 17 heavy (non-hydrogen) atoms. The molecule has 0 amide bonds. The average Bonchev–Trinajstić information content (AvgIpc) is 2.29. The zero-order chi connectivity index (χ0) is 12.3. The fourth-order valence-corrected chi connectivity index (χ4v) is 1.59. The lowest BCUT2D eigenvalue weighted by Crippen LogP contribution is -2.08. The molecular weight excluding hydrogens is 235 g/mol. The molecule has 2 aromatic rings. The summed E-state index contributed by atoms with van der Waals surface area (Å²) in [7, 11) is 0. The number of hydrogen-bond acceptors (Lipinski definition) is 2. The highest BCUT2D eigenvalue weighted by atomic mass is 32.1. The van der Waals surface area contributed by atoms with Gasteiger partial charge in [0.1, 0.15) is 10.8 Å². The monoisotopic (exact) mass is 246 g/mol. The number of hydrogen-bond donors (Lipinski definition) is 2. The van der Waals surface area contributed by atoms with Crippen LogP contribution in [0.15, 0.2) is 48.5 Å². The Labute approximate surface area is 104 Å². The molecule has 0 radical (unpaired) electrons. The van der Waals surface area contributed by atoms with Crippen molar-refractivity contribution < 1.29 is 4.39 Å². The Morgan fingerprint density at radius 1 is 1.06 bits per heavy atom. The van der Waals surface area contributed by atoms with E-state index in [4.69, 9.17) is 18.0 Å². The van der Waals surface area contributed by atoms with Gasteiger partial charge in [0, 0.05) is 16.9 Å². The molecule has 0 aromatic heterocycles. The molecule has 0 aliphatic carbocycles. The molecule has 0 fully saturated rings. The third kappa shape index (κ3) is 3.01. The molecule has 2 rings (SSSR count). The molecule has 0 saturated carbocycles. The number of benzene rings is 2. The quantitative estimate of drug-likeness (QED) is 0.817. The van der Waals surface area contributed by atoms with Gasteiger partial charge in [-0.15, -0.1) is 0 Å². The van der Waals surface area contributed by atoms with Crippen molar-refractivity contribution in [2.24, 2.45) is 5.73 Å². The standard InChI is InChI=1S/C13H11FN2S/c14-10-2-1-3-12(8-10)16-11-6-4-9(5-7-11)13(15)17/h1-8,16H,(H2,15,17). The maximum Gasteiger partial charge on any atom is 0.125 e. The number of rotatable bonds is 3. The summed E-state index contributed by atoms with van der Waals surface area (Å²) in [4.78, 5) is 0.363. The summed E-state index contributed by atoms with van der Waals surface area (Å²) < 4.78 is 13.0. The molecule has 0 atom stereocenters. The molecule has 0 unspecified atom stereocenters. The number of nitrogens with two attached hydrogens (primary N) is 1. The Hall–Kier alpha value is -1.94. The highest BCUT2D eigenvalue weighted by Crippen LogP contribution is 2.17. The molecule has 3 N–H and O–H groups in total. The van der Waals surface area contributed by atoms with E-state index in [1.807, 2.05) is 24.3 Å². The average molecular weight is 246 g/mol. The molecule has 2 aromatic carbocycles. The summed E-state index contributed by atoms with van der Waals surface area (Å²) in [5.74, 6) is -0.269. The van der Waals surface area contributed by atoms with Crippen LogP contribution < -0.4 is 11.1 Å². The van der Waals surface area contributed by atoms with Crippen LogP contribution in [0, 0.1) is 5.82 Å². The van der Waals surface area contributed by atoms with E-state index in [0.717, 1.165) is 11.3 Å². The van der Waals surface area contributed by atoms with Crippen LogP contribution in [0.4, 0.5) is 15.8 Å². The lowest BCUT2D eigenvalue weighted by molar-refractivity contribution is 0.628. The van der Waals surface area contributed by atoms with Gasteiger partial charge in [0.15, 0.2) is 0 Å². The molecule has 2 nitrogen and oxygen atoms in total.